The van der Waals surface area contributed by atoms with Gasteiger partial charge in [-0.3, -0.25) is 13.9 Å². The van der Waals surface area contributed by atoms with Gasteiger partial charge in [0.1, 0.15) is 12.6 Å². The Hall–Kier alpha value is -3.07. The second-order valence-electron chi connectivity index (χ2n) is 10.5. The van der Waals surface area contributed by atoms with Crippen LogP contribution >= 0.6 is 23.2 Å². The summed E-state index contributed by atoms with van der Waals surface area (Å²) in [6.07, 6.45) is 0.319. The van der Waals surface area contributed by atoms with Crippen LogP contribution in [-0.2, 0) is 26.2 Å². The van der Waals surface area contributed by atoms with E-state index in [1.807, 2.05) is 53.7 Å². The Kier molecular flexibility index (Phi) is 10.9. The molecule has 0 bridgehead atoms. The Balaban J connectivity index is 2.11. The minimum atomic E-state index is -4.14. The summed E-state index contributed by atoms with van der Waals surface area (Å²) in [5.74, 6) is -0.854. The van der Waals surface area contributed by atoms with E-state index in [1.165, 1.54) is 17.0 Å². The number of anilines is 1. The maximum Gasteiger partial charge on any atom is 0.264 e. The van der Waals surface area contributed by atoms with Gasteiger partial charge in [0.2, 0.25) is 11.8 Å². The molecule has 0 aromatic heterocycles. The van der Waals surface area contributed by atoms with Gasteiger partial charge in [0.15, 0.2) is 0 Å². The standard InChI is InChI=1S/C31H37Cl2N3O4S/c1-7-28(31(38)34-20(2)3)35(18-24-11-14-26(32)27(33)17-24)30(37)19-36(29-15-10-22(5)16-23(29)6)41(39,40)25-12-8-21(4)9-13-25/h8-17,20,28H,7,18-19H2,1-6H3,(H,34,38)/t28-/m1/s1. The van der Waals surface area contributed by atoms with Crippen LogP contribution in [0.4, 0.5) is 5.69 Å². The van der Waals surface area contributed by atoms with Crippen LogP contribution in [0.3, 0.4) is 0 Å². The predicted molar refractivity (Wildman–Crippen MR) is 166 cm³/mol. The van der Waals surface area contributed by atoms with E-state index in [0.717, 1.165) is 15.4 Å². The molecule has 0 saturated heterocycles. The molecule has 220 valence electrons. The summed E-state index contributed by atoms with van der Waals surface area (Å²) in [6, 6.07) is 15.9. The molecular formula is C31H37Cl2N3O4S. The summed E-state index contributed by atoms with van der Waals surface area (Å²) < 4.78 is 29.2. The topological polar surface area (TPSA) is 86.8 Å². The predicted octanol–water partition coefficient (Wildman–Crippen LogP) is 6.45. The van der Waals surface area contributed by atoms with Gasteiger partial charge in [-0.2, -0.15) is 0 Å². The molecule has 3 aromatic rings. The highest BCUT2D eigenvalue weighted by Gasteiger charge is 2.34. The molecule has 0 heterocycles. The minimum Gasteiger partial charge on any atom is -0.352 e. The van der Waals surface area contributed by atoms with Crippen molar-refractivity contribution in [2.45, 2.75) is 71.5 Å². The lowest BCUT2D eigenvalue weighted by Gasteiger charge is -2.34. The molecule has 3 aromatic carbocycles. The van der Waals surface area contributed by atoms with Gasteiger partial charge in [0, 0.05) is 12.6 Å². The van der Waals surface area contributed by atoms with E-state index in [2.05, 4.69) is 5.32 Å². The minimum absolute atomic E-state index is 0.0328. The molecule has 10 heteroatoms. The molecule has 0 unspecified atom stereocenters. The first-order valence-electron chi connectivity index (χ1n) is 13.4. The van der Waals surface area contributed by atoms with Gasteiger partial charge in [-0.25, -0.2) is 8.42 Å². The number of hydrogen-bond donors (Lipinski definition) is 1. The highest BCUT2D eigenvalue weighted by atomic mass is 35.5. The number of nitrogens with zero attached hydrogens (tertiary/aromatic N) is 2. The number of carbonyl (C=O) groups excluding carboxylic acids is 2. The fraction of sp³-hybridized carbons (Fsp3) is 0.355. The van der Waals surface area contributed by atoms with E-state index in [4.69, 9.17) is 23.2 Å². The molecule has 0 saturated carbocycles. The zero-order valence-electron chi connectivity index (χ0n) is 24.2. The van der Waals surface area contributed by atoms with Crippen molar-refractivity contribution < 1.29 is 18.0 Å². The van der Waals surface area contributed by atoms with Crippen LogP contribution in [-0.4, -0.2) is 43.8 Å². The number of rotatable bonds is 11. The van der Waals surface area contributed by atoms with E-state index in [-0.39, 0.29) is 23.4 Å². The third-order valence-electron chi connectivity index (χ3n) is 6.66. The average molecular weight is 619 g/mol. The molecule has 7 nitrogen and oxygen atoms in total. The van der Waals surface area contributed by atoms with Gasteiger partial charge in [0.25, 0.3) is 10.0 Å². The van der Waals surface area contributed by atoms with Crippen molar-refractivity contribution in [3.63, 3.8) is 0 Å². The number of nitrogens with one attached hydrogen (secondary N) is 1. The number of sulfonamides is 1. The first-order valence-corrected chi connectivity index (χ1v) is 15.6. The molecule has 0 spiro atoms. The highest BCUT2D eigenvalue weighted by molar-refractivity contribution is 7.92. The second kappa shape index (κ2) is 13.7. The summed E-state index contributed by atoms with van der Waals surface area (Å²) in [7, 11) is -4.14. The van der Waals surface area contributed by atoms with E-state index >= 15 is 0 Å². The van der Waals surface area contributed by atoms with Crippen molar-refractivity contribution in [2.24, 2.45) is 0 Å². The lowest BCUT2D eigenvalue weighted by molar-refractivity contribution is -0.140. The van der Waals surface area contributed by atoms with E-state index in [1.54, 1.807) is 36.4 Å². The summed E-state index contributed by atoms with van der Waals surface area (Å²) in [5.41, 5.74) is 3.62. The number of halogens is 2. The number of amides is 2. The summed E-state index contributed by atoms with van der Waals surface area (Å²) in [4.78, 5) is 28.9. The van der Waals surface area contributed by atoms with Crippen molar-refractivity contribution in [3.05, 3.63) is 93.0 Å². The fourth-order valence-electron chi connectivity index (χ4n) is 4.57. The third-order valence-corrected chi connectivity index (χ3v) is 9.18. The van der Waals surface area contributed by atoms with Gasteiger partial charge in [-0.05, 0) is 82.5 Å². The molecule has 0 aliphatic carbocycles. The molecule has 1 atom stereocenters. The van der Waals surface area contributed by atoms with Gasteiger partial charge < -0.3 is 10.2 Å². The molecule has 0 aliphatic heterocycles. The number of hydrogen-bond acceptors (Lipinski definition) is 4. The molecule has 0 radical (unpaired) electrons. The SMILES string of the molecule is CC[C@H](C(=O)NC(C)C)N(Cc1ccc(Cl)c(Cl)c1)C(=O)CN(c1ccc(C)cc1C)S(=O)(=O)c1ccc(C)cc1. The number of aryl methyl sites for hydroxylation is 3. The van der Waals surface area contributed by atoms with Crippen LogP contribution < -0.4 is 9.62 Å². The number of carbonyl (C=O) groups is 2. The first kappa shape index (κ1) is 32.4. The third kappa shape index (κ3) is 8.03. The maximum atomic E-state index is 14.2. The van der Waals surface area contributed by atoms with Crippen molar-refractivity contribution in [3.8, 4) is 0 Å². The van der Waals surface area contributed by atoms with Crippen molar-refractivity contribution in [1.29, 1.82) is 0 Å². The molecule has 1 N–H and O–H groups in total. The molecule has 41 heavy (non-hydrogen) atoms. The lowest BCUT2D eigenvalue weighted by atomic mass is 10.1. The Morgan fingerprint density at radius 2 is 1.51 bits per heavy atom. The maximum absolute atomic E-state index is 14.2. The lowest BCUT2D eigenvalue weighted by Crippen LogP contribution is -2.53. The van der Waals surface area contributed by atoms with E-state index < -0.39 is 28.5 Å². The average Bonchev–Trinajstić information content (AvgIpc) is 2.89. The van der Waals surface area contributed by atoms with Gasteiger partial charge in [-0.1, -0.05) is 71.6 Å². The van der Waals surface area contributed by atoms with E-state index in [9.17, 15) is 18.0 Å². The molecule has 0 fully saturated rings. The van der Waals surface area contributed by atoms with Crippen LogP contribution in [0.5, 0.6) is 0 Å². The Labute approximate surface area is 253 Å². The number of benzene rings is 3. The van der Waals surface area contributed by atoms with Gasteiger partial charge >= 0.3 is 0 Å². The summed E-state index contributed by atoms with van der Waals surface area (Å²) >= 11 is 12.4. The van der Waals surface area contributed by atoms with Crippen molar-refractivity contribution in [2.75, 3.05) is 10.8 Å². The van der Waals surface area contributed by atoms with Crippen LogP contribution in [0, 0.1) is 20.8 Å². The second-order valence-corrected chi connectivity index (χ2v) is 13.1. The largest absolute Gasteiger partial charge is 0.352 e. The van der Waals surface area contributed by atoms with Gasteiger partial charge in [0.05, 0.1) is 20.6 Å². The quantitative estimate of drug-likeness (QED) is 0.268. The smallest absolute Gasteiger partial charge is 0.264 e. The normalized spacial score (nSPS) is 12.2. The molecule has 3 rings (SSSR count). The summed E-state index contributed by atoms with van der Waals surface area (Å²) in [5, 5.41) is 3.56. The Morgan fingerprint density at radius 3 is 2.07 bits per heavy atom. The van der Waals surface area contributed by atoms with Crippen LogP contribution in [0.15, 0.2) is 65.6 Å². The van der Waals surface area contributed by atoms with Crippen LogP contribution in [0.1, 0.15) is 49.4 Å². The zero-order valence-corrected chi connectivity index (χ0v) is 26.6. The zero-order chi connectivity index (χ0) is 30.5. The fourth-order valence-corrected chi connectivity index (χ4v) is 6.37. The van der Waals surface area contributed by atoms with Crippen LogP contribution in [0.2, 0.25) is 10.0 Å². The monoisotopic (exact) mass is 617 g/mol. The first-order chi connectivity index (χ1) is 19.2. The van der Waals surface area contributed by atoms with Crippen molar-refractivity contribution >= 4 is 50.7 Å². The Bertz CT molecular complexity index is 1510. The molecule has 0 aliphatic rings. The summed E-state index contributed by atoms with van der Waals surface area (Å²) in [6.45, 7) is 10.6. The molecular weight excluding hydrogens is 581 g/mol. The van der Waals surface area contributed by atoms with E-state index in [0.29, 0.717) is 33.3 Å². The van der Waals surface area contributed by atoms with Crippen LogP contribution in [0.25, 0.3) is 0 Å². The highest BCUT2D eigenvalue weighted by Crippen LogP contribution is 2.29. The van der Waals surface area contributed by atoms with Gasteiger partial charge in [-0.15, -0.1) is 0 Å². The molecule has 2 amide bonds. The Morgan fingerprint density at radius 1 is 0.878 bits per heavy atom. The van der Waals surface area contributed by atoms with Crippen molar-refractivity contribution in [1.82, 2.24) is 10.2 Å².